The van der Waals surface area contributed by atoms with Crippen molar-refractivity contribution in [1.29, 1.82) is 0 Å². The Kier molecular flexibility index (Phi) is 8.20. The van der Waals surface area contributed by atoms with Gasteiger partial charge in [0.25, 0.3) is 0 Å². The molecule has 2 aliphatic heterocycles. The highest BCUT2D eigenvalue weighted by Gasteiger charge is 2.40. The molecule has 1 saturated heterocycles. The number of piperazine rings is 1. The highest BCUT2D eigenvalue weighted by atomic mass is 32.2. The molecule has 6 rings (SSSR count). The lowest BCUT2D eigenvalue weighted by molar-refractivity contribution is -0.137. The van der Waals surface area contributed by atoms with Crippen LogP contribution in [-0.4, -0.2) is 56.3 Å². The Morgan fingerprint density at radius 2 is 1.78 bits per heavy atom. The fourth-order valence-corrected chi connectivity index (χ4v) is 8.11. The van der Waals surface area contributed by atoms with Crippen LogP contribution in [0.2, 0.25) is 0 Å². The topological polar surface area (TPSA) is 71.3 Å². The van der Waals surface area contributed by atoms with Gasteiger partial charge in [-0.2, -0.15) is 18.2 Å². The van der Waals surface area contributed by atoms with Crippen molar-refractivity contribution in [2.75, 3.05) is 23.7 Å². The molecule has 1 amide bonds. The Bertz CT molecular complexity index is 1920. The average molecular weight is 652 g/mol. The van der Waals surface area contributed by atoms with Gasteiger partial charge in [-0.25, -0.2) is 9.18 Å². The van der Waals surface area contributed by atoms with Crippen molar-refractivity contribution in [3.8, 4) is 11.1 Å². The first-order valence-corrected chi connectivity index (χ1v) is 16.0. The molecule has 1 fully saturated rings. The van der Waals surface area contributed by atoms with Crippen LogP contribution >= 0.6 is 11.8 Å². The summed E-state index contributed by atoms with van der Waals surface area (Å²) >= 11 is 1.18. The van der Waals surface area contributed by atoms with Crippen LogP contribution in [0.3, 0.4) is 0 Å². The number of aromatic nitrogens is 3. The maximum atomic E-state index is 15.7. The van der Waals surface area contributed by atoms with Gasteiger partial charge in [0.1, 0.15) is 11.6 Å². The highest BCUT2D eigenvalue weighted by Crippen LogP contribution is 2.50. The van der Waals surface area contributed by atoms with E-state index in [0.29, 0.717) is 16.9 Å². The van der Waals surface area contributed by atoms with Crippen LogP contribution in [0, 0.1) is 19.7 Å². The molecule has 0 N–H and O–H groups in total. The van der Waals surface area contributed by atoms with E-state index in [1.54, 1.807) is 42.1 Å². The second kappa shape index (κ2) is 11.9. The first kappa shape index (κ1) is 31.8. The van der Waals surface area contributed by atoms with Gasteiger partial charge in [0.2, 0.25) is 5.91 Å². The minimum absolute atomic E-state index is 0.111. The van der Waals surface area contributed by atoms with Gasteiger partial charge in [-0.3, -0.25) is 14.3 Å². The molecule has 0 spiro atoms. The van der Waals surface area contributed by atoms with E-state index in [4.69, 9.17) is 0 Å². The number of benzene rings is 2. The van der Waals surface area contributed by atoms with Gasteiger partial charge in [0, 0.05) is 77.2 Å². The first-order valence-electron chi connectivity index (χ1n) is 15.0. The van der Waals surface area contributed by atoms with Crippen LogP contribution in [-0.2, 0) is 17.5 Å². The minimum atomic E-state index is -4.85. The minimum Gasteiger partial charge on any atom is -0.352 e. The fourth-order valence-electron chi connectivity index (χ4n) is 6.72. The summed E-state index contributed by atoms with van der Waals surface area (Å²) < 4.78 is 62.5. The smallest absolute Gasteiger partial charge is 0.352 e. The zero-order chi connectivity index (χ0) is 33.1. The summed E-state index contributed by atoms with van der Waals surface area (Å²) in [6.07, 6.45) is -0.306. The third-order valence-electron chi connectivity index (χ3n) is 8.99. The molecule has 4 heterocycles. The molecule has 0 bridgehead atoms. The Balaban J connectivity index is 1.66. The lowest BCUT2D eigenvalue weighted by Crippen LogP contribution is -2.58. The van der Waals surface area contributed by atoms with E-state index >= 15 is 17.6 Å². The molecule has 12 heteroatoms. The maximum Gasteiger partial charge on any atom is 0.417 e. The summed E-state index contributed by atoms with van der Waals surface area (Å²) in [7, 11) is 0. The number of amides is 1. The number of thioether (sulfide) groups is 1. The van der Waals surface area contributed by atoms with Gasteiger partial charge < -0.3 is 9.80 Å². The Morgan fingerprint density at radius 3 is 2.41 bits per heavy atom. The van der Waals surface area contributed by atoms with Crippen LogP contribution in [0.5, 0.6) is 0 Å². The summed E-state index contributed by atoms with van der Waals surface area (Å²) in [5.74, 6) is -0.862. The predicted octanol–water partition coefficient (Wildman–Crippen LogP) is 6.73. The highest BCUT2D eigenvalue weighted by molar-refractivity contribution is 7.99. The van der Waals surface area contributed by atoms with Crippen molar-refractivity contribution >= 4 is 34.4 Å². The number of alkyl halides is 3. The molecule has 2 aliphatic rings. The van der Waals surface area contributed by atoms with E-state index in [0.717, 1.165) is 11.6 Å². The fraction of sp³-hybridized carbons (Fsp3) is 0.353. The molecule has 46 heavy (non-hydrogen) atoms. The quantitative estimate of drug-likeness (QED) is 0.180. The average Bonchev–Trinajstić information content (AvgIpc) is 3.21. The second-order valence-electron chi connectivity index (χ2n) is 12.1. The zero-order valence-corrected chi connectivity index (χ0v) is 26.7. The van der Waals surface area contributed by atoms with Gasteiger partial charge >= 0.3 is 11.9 Å². The zero-order valence-electron chi connectivity index (χ0n) is 25.9. The van der Waals surface area contributed by atoms with Crippen molar-refractivity contribution in [2.45, 2.75) is 63.3 Å². The standard InChI is InChI=1S/C34H33F4N5O2S/c1-6-28(44)43-20(4)14-41(15-21(43)5)32-25-12-26(34(36,37)38)29(24-10-18(2)19(3)11-27(24)35)31-30(25)42(33(45)40-32)16-23(17-46-31)22-8-7-9-39-13-22/h6-13,20-21,23H,1,14-17H2,2-5H3. The van der Waals surface area contributed by atoms with Crippen molar-refractivity contribution in [3.05, 3.63) is 93.9 Å². The molecule has 7 nitrogen and oxygen atoms in total. The van der Waals surface area contributed by atoms with Gasteiger partial charge in [-0.15, -0.1) is 11.8 Å². The molecular formula is C34H33F4N5O2S. The molecule has 2 aromatic heterocycles. The van der Waals surface area contributed by atoms with Crippen LogP contribution in [0.4, 0.5) is 23.4 Å². The monoisotopic (exact) mass is 651 g/mol. The van der Waals surface area contributed by atoms with Crippen molar-refractivity contribution in [1.82, 2.24) is 19.4 Å². The number of pyridine rings is 1. The molecule has 4 aromatic rings. The van der Waals surface area contributed by atoms with E-state index in [1.165, 1.54) is 34.5 Å². The number of carbonyl (C=O) groups is 1. The molecule has 0 radical (unpaired) electrons. The van der Waals surface area contributed by atoms with Crippen molar-refractivity contribution in [2.24, 2.45) is 0 Å². The summed E-state index contributed by atoms with van der Waals surface area (Å²) in [6, 6.07) is 6.69. The Morgan fingerprint density at radius 1 is 1.09 bits per heavy atom. The molecule has 0 saturated carbocycles. The first-order chi connectivity index (χ1) is 21.8. The van der Waals surface area contributed by atoms with Crippen LogP contribution in [0.15, 0.2) is 65.1 Å². The lowest BCUT2D eigenvalue weighted by atomic mass is 9.93. The van der Waals surface area contributed by atoms with E-state index in [-0.39, 0.29) is 76.3 Å². The molecule has 240 valence electrons. The summed E-state index contributed by atoms with van der Waals surface area (Å²) in [6.45, 7) is 11.3. The maximum absolute atomic E-state index is 15.7. The summed E-state index contributed by atoms with van der Waals surface area (Å²) in [4.78, 5) is 38.8. The molecule has 2 aromatic carbocycles. The predicted molar refractivity (Wildman–Crippen MR) is 172 cm³/mol. The number of aryl methyl sites for hydroxylation is 2. The van der Waals surface area contributed by atoms with Gasteiger partial charge in [-0.1, -0.05) is 12.6 Å². The molecular weight excluding hydrogens is 618 g/mol. The summed E-state index contributed by atoms with van der Waals surface area (Å²) in [5, 5.41) is 0.150. The van der Waals surface area contributed by atoms with Crippen LogP contribution < -0.4 is 10.6 Å². The number of halogens is 4. The number of anilines is 1. The SMILES string of the molecule is C=CC(=O)N1C(C)CN(c2nc(=O)n3c4c(c(-c5cc(C)c(C)cc5F)c(C(F)(F)F)cc24)SCC(c2cccnc2)C3)CC1C. The number of rotatable bonds is 4. The van der Waals surface area contributed by atoms with Crippen LogP contribution in [0.25, 0.3) is 22.0 Å². The van der Waals surface area contributed by atoms with Crippen molar-refractivity contribution < 1.29 is 22.4 Å². The second-order valence-corrected chi connectivity index (χ2v) is 13.1. The van der Waals surface area contributed by atoms with Gasteiger partial charge in [0.15, 0.2) is 0 Å². The number of carbonyl (C=O) groups excluding carboxylic acids is 1. The molecule has 3 unspecified atom stereocenters. The van der Waals surface area contributed by atoms with E-state index in [1.807, 2.05) is 19.9 Å². The van der Waals surface area contributed by atoms with Gasteiger partial charge in [-0.05, 0) is 74.7 Å². The number of hydrogen-bond donors (Lipinski definition) is 0. The Hall–Kier alpha value is -4.19. The van der Waals surface area contributed by atoms with Crippen LogP contribution in [0.1, 0.15) is 42.0 Å². The van der Waals surface area contributed by atoms with E-state index < -0.39 is 23.2 Å². The van der Waals surface area contributed by atoms with E-state index in [9.17, 15) is 9.59 Å². The van der Waals surface area contributed by atoms with Gasteiger partial charge in [0.05, 0.1) is 11.1 Å². The largest absolute Gasteiger partial charge is 0.417 e. The summed E-state index contributed by atoms with van der Waals surface area (Å²) in [5.41, 5.74) is 0.305. The van der Waals surface area contributed by atoms with E-state index in [2.05, 4.69) is 16.5 Å². The normalized spacial score (nSPS) is 20.1. The van der Waals surface area contributed by atoms with Crippen molar-refractivity contribution in [3.63, 3.8) is 0 Å². The molecule has 3 atom stereocenters. The number of nitrogens with zero attached hydrogens (tertiary/aromatic N) is 5. The molecule has 0 aliphatic carbocycles. The Labute approximate surface area is 267 Å². The third kappa shape index (κ3) is 5.46. The number of hydrogen-bond acceptors (Lipinski definition) is 6. The lowest BCUT2D eigenvalue weighted by Gasteiger charge is -2.44. The third-order valence-corrected chi connectivity index (χ3v) is 10.2.